The van der Waals surface area contributed by atoms with Crippen molar-refractivity contribution in [3.05, 3.63) is 52.5 Å². The summed E-state index contributed by atoms with van der Waals surface area (Å²) in [6.07, 6.45) is 3.34. The van der Waals surface area contributed by atoms with Crippen molar-refractivity contribution in [1.29, 1.82) is 0 Å². The number of nitrogens with zero attached hydrogens (tertiary/aromatic N) is 3. The first-order chi connectivity index (χ1) is 12.7. The van der Waals surface area contributed by atoms with E-state index in [1.165, 1.54) is 24.1 Å². The Morgan fingerprint density at radius 3 is 2.65 bits per heavy atom. The van der Waals surface area contributed by atoms with Gasteiger partial charge >= 0.3 is 0 Å². The highest BCUT2D eigenvalue weighted by molar-refractivity contribution is 7.07. The van der Waals surface area contributed by atoms with E-state index in [1.54, 1.807) is 11.3 Å². The van der Waals surface area contributed by atoms with E-state index in [0.29, 0.717) is 5.91 Å². The van der Waals surface area contributed by atoms with E-state index in [1.807, 2.05) is 11.6 Å². The highest BCUT2D eigenvalue weighted by Gasteiger charge is 2.45. The number of aromatic nitrogens is 1. The molecule has 2 fully saturated rings. The first-order valence-corrected chi connectivity index (χ1v) is 10.6. The second-order valence-electron chi connectivity index (χ2n) is 7.78. The van der Waals surface area contributed by atoms with Crippen molar-refractivity contribution in [2.75, 3.05) is 26.2 Å². The molecule has 5 heteroatoms. The van der Waals surface area contributed by atoms with E-state index in [9.17, 15) is 4.79 Å². The van der Waals surface area contributed by atoms with E-state index in [0.717, 1.165) is 39.1 Å². The van der Waals surface area contributed by atoms with Crippen LogP contribution in [0.2, 0.25) is 0 Å². The van der Waals surface area contributed by atoms with Crippen molar-refractivity contribution in [1.82, 2.24) is 14.8 Å². The summed E-state index contributed by atoms with van der Waals surface area (Å²) in [6, 6.07) is 10.4. The number of hydrogen-bond acceptors (Lipinski definition) is 4. The van der Waals surface area contributed by atoms with Crippen molar-refractivity contribution in [2.45, 2.75) is 38.6 Å². The van der Waals surface area contributed by atoms with Gasteiger partial charge in [0.15, 0.2) is 0 Å². The maximum atomic E-state index is 13.0. The molecule has 0 N–H and O–H groups in total. The topological polar surface area (TPSA) is 36.4 Å². The third-order valence-corrected chi connectivity index (χ3v) is 6.78. The van der Waals surface area contributed by atoms with Gasteiger partial charge < -0.3 is 4.90 Å². The van der Waals surface area contributed by atoms with Gasteiger partial charge in [0.1, 0.15) is 0 Å². The molecule has 3 heterocycles. The molecule has 138 valence electrons. The Balaban J connectivity index is 1.48. The minimum Gasteiger partial charge on any atom is -0.342 e. The van der Waals surface area contributed by atoms with Gasteiger partial charge in [-0.3, -0.25) is 9.69 Å². The molecule has 0 bridgehead atoms. The lowest BCUT2D eigenvalue weighted by Crippen LogP contribution is -2.53. The number of rotatable bonds is 4. The van der Waals surface area contributed by atoms with Gasteiger partial charge in [0.25, 0.3) is 0 Å². The minimum absolute atomic E-state index is 0.0231. The van der Waals surface area contributed by atoms with Crippen molar-refractivity contribution in [2.24, 2.45) is 5.41 Å². The Labute approximate surface area is 159 Å². The van der Waals surface area contributed by atoms with Crippen LogP contribution in [0.1, 0.15) is 43.4 Å². The number of piperidine rings is 2. The Bertz CT molecular complexity index is 723. The van der Waals surface area contributed by atoms with Crippen LogP contribution < -0.4 is 0 Å². The molecule has 2 aliphatic heterocycles. The molecule has 0 aliphatic carbocycles. The fourth-order valence-electron chi connectivity index (χ4n) is 4.59. The van der Waals surface area contributed by atoms with Gasteiger partial charge in [-0.2, -0.15) is 0 Å². The number of likely N-dealkylation sites (N-methyl/N-ethyl adjacent to an activating group) is 1. The van der Waals surface area contributed by atoms with Gasteiger partial charge in [0.05, 0.1) is 17.1 Å². The molecule has 4 rings (SSSR count). The number of carbonyl (C=O) groups excluding carboxylic acids is 1. The molecular formula is C21H27N3OS. The SMILES string of the molecule is CCN1CC2(CCN(Cc3cscn3)CC2)CC(c2ccccc2)C1=O. The number of amides is 1. The summed E-state index contributed by atoms with van der Waals surface area (Å²) >= 11 is 1.67. The zero-order chi connectivity index (χ0) is 18.0. The molecule has 1 amide bonds. The summed E-state index contributed by atoms with van der Waals surface area (Å²) in [5.74, 6) is 0.337. The lowest BCUT2D eigenvalue weighted by atomic mass is 9.67. The predicted molar refractivity (Wildman–Crippen MR) is 105 cm³/mol. The Kier molecular flexibility index (Phi) is 5.09. The maximum absolute atomic E-state index is 13.0. The lowest BCUT2D eigenvalue weighted by Gasteiger charge is -2.49. The van der Waals surface area contributed by atoms with Crippen LogP contribution in [0, 0.1) is 5.41 Å². The van der Waals surface area contributed by atoms with Gasteiger partial charge in [0, 0.05) is 25.0 Å². The average Bonchev–Trinajstić information content (AvgIpc) is 3.19. The zero-order valence-corrected chi connectivity index (χ0v) is 16.3. The summed E-state index contributed by atoms with van der Waals surface area (Å²) in [5.41, 5.74) is 4.54. The zero-order valence-electron chi connectivity index (χ0n) is 15.4. The normalized spacial score (nSPS) is 23.5. The van der Waals surface area contributed by atoms with Gasteiger partial charge in [-0.1, -0.05) is 30.3 Å². The van der Waals surface area contributed by atoms with Gasteiger partial charge in [-0.05, 0) is 50.3 Å². The molecule has 1 aromatic carbocycles. The van der Waals surface area contributed by atoms with E-state index in [4.69, 9.17) is 0 Å². The molecule has 0 radical (unpaired) electrons. The maximum Gasteiger partial charge on any atom is 0.230 e. The highest BCUT2D eigenvalue weighted by Crippen LogP contribution is 2.45. The number of likely N-dealkylation sites (tertiary alicyclic amines) is 2. The van der Waals surface area contributed by atoms with Crippen LogP contribution in [0.25, 0.3) is 0 Å². The van der Waals surface area contributed by atoms with E-state index >= 15 is 0 Å². The smallest absolute Gasteiger partial charge is 0.230 e. The van der Waals surface area contributed by atoms with E-state index < -0.39 is 0 Å². The average molecular weight is 370 g/mol. The molecule has 4 nitrogen and oxygen atoms in total. The number of carbonyl (C=O) groups is 1. The molecule has 2 aromatic rings. The van der Waals surface area contributed by atoms with Crippen LogP contribution in [0.15, 0.2) is 41.2 Å². The summed E-state index contributed by atoms with van der Waals surface area (Å²) in [7, 11) is 0. The lowest BCUT2D eigenvalue weighted by molar-refractivity contribution is -0.141. The van der Waals surface area contributed by atoms with Crippen molar-refractivity contribution >= 4 is 17.2 Å². The number of thiazole rings is 1. The van der Waals surface area contributed by atoms with Gasteiger partial charge in [-0.25, -0.2) is 4.98 Å². The summed E-state index contributed by atoms with van der Waals surface area (Å²) in [6.45, 7) is 7.01. The Morgan fingerprint density at radius 2 is 2.00 bits per heavy atom. The number of benzene rings is 1. The molecule has 26 heavy (non-hydrogen) atoms. The van der Waals surface area contributed by atoms with Crippen LogP contribution in [-0.4, -0.2) is 46.9 Å². The summed E-state index contributed by atoms with van der Waals surface area (Å²) in [5, 5.41) is 2.15. The fourth-order valence-corrected chi connectivity index (χ4v) is 5.14. The quantitative estimate of drug-likeness (QED) is 0.823. The Morgan fingerprint density at radius 1 is 1.23 bits per heavy atom. The van der Waals surface area contributed by atoms with Crippen LogP contribution >= 0.6 is 11.3 Å². The Hall–Kier alpha value is -1.72. The first-order valence-electron chi connectivity index (χ1n) is 9.62. The van der Waals surface area contributed by atoms with Crippen LogP contribution in [-0.2, 0) is 11.3 Å². The minimum atomic E-state index is 0.0231. The third kappa shape index (κ3) is 3.55. The summed E-state index contributed by atoms with van der Waals surface area (Å²) in [4.78, 5) is 22.0. The predicted octanol–water partition coefficient (Wildman–Crippen LogP) is 3.76. The van der Waals surface area contributed by atoms with Crippen molar-refractivity contribution in [3.8, 4) is 0 Å². The third-order valence-electron chi connectivity index (χ3n) is 6.14. The molecule has 1 unspecified atom stereocenters. The van der Waals surface area contributed by atoms with Crippen LogP contribution in [0.4, 0.5) is 0 Å². The highest BCUT2D eigenvalue weighted by atomic mass is 32.1. The van der Waals surface area contributed by atoms with Crippen LogP contribution in [0.5, 0.6) is 0 Å². The molecule has 1 spiro atoms. The summed E-state index contributed by atoms with van der Waals surface area (Å²) < 4.78 is 0. The van der Waals surface area contributed by atoms with Gasteiger partial charge in [0.2, 0.25) is 5.91 Å². The fraction of sp³-hybridized carbons (Fsp3) is 0.524. The van der Waals surface area contributed by atoms with Crippen molar-refractivity contribution < 1.29 is 4.79 Å². The first kappa shape index (κ1) is 17.7. The second kappa shape index (κ2) is 7.49. The molecule has 1 atom stereocenters. The van der Waals surface area contributed by atoms with Gasteiger partial charge in [-0.15, -0.1) is 11.3 Å². The standard InChI is InChI=1S/C21H27N3OS/c1-2-24-15-21(12-19(20(24)25)17-6-4-3-5-7-17)8-10-23(11-9-21)13-18-14-26-16-22-18/h3-7,14,16,19H,2,8-13,15H2,1H3. The van der Waals surface area contributed by atoms with Crippen LogP contribution in [0.3, 0.4) is 0 Å². The molecular weight excluding hydrogens is 342 g/mol. The van der Waals surface area contributed by atoms with E-state index in [-0.39, 0.29) is 11.3 Å². The van der Waals surface area contributed by atoms with Crippen molar-refractivity contribution in [3.63, 3.8) is 0 Å². The second-order valence-corrected chi connectivity index (χ2v) is 8.49. The monoisotopic (exact) mass is 369 g/mol. The molecule has 2 aliphatic rings. The molecule has 0 saturated carbocycles. The van der Waals surface area contributed by atoms with E-state index in [2.05, 4.69) is 51.4 Å². The largest absolute Gasteiger partial charge is 0.342 e. The molecule has 1 aromatic heterocycles. The molecule has 2 saturated heterocycles. The number of hydrogen-bond donors (Lipinski definition) is 0.